The number of methoxy groups -OCH3 is 1. The van der Waals surface area contributed by atoms with E-state index in [1.807, 2.05) is 0 Å². The van der Waals surface area contributed by atoms with E-state index < -0.39 is 12.8 Å². The van der Waals surface area contributed by atoms with E-state index in [1.54, 1.807) is 18.2 Å². The number of halogens is 3. The van der Waals surface area contributed by atoms with Gasteiger partial charge in [0.1, 0.15) is 0 Å². The van der Waals surface area contributed by atoms with Gasteiger partial charge in [0.15, 0.2) is 18.1 Å². The second-order valence-electron chi connectivity index (χ2n) is 3.39. The summed E-state index contributed by atoms with van der Waals surface area (Å²) in [5.41, 5.74) is 5.99. The average Bonchev–Trinajstić information content (AvgIpc) is 2.26. The van der Waals surface area contributed by atoms with Crippen molar-refractivity contribution in [1.82, 2.24) is 0 Å². The van der Waals surface area contributed by atoms with Gasteiger partial charge in [-0.1, -0.05) is 12.1 Å². The molecule has 3 nitrogen and oxygen atoms in total. The smallest absolute Gasteiger partial charge is 0.422 e. The normalized spacial score (nSPS) is 11.4. The molecule has 0 aromatic heterocycles. The number of alkyl halides is 3. The molecule has 0 heterocycles. The Kier molecular flexibility index (Phi) is 4.62. The molecule has 0 bridgehead atoms. The number of rotatable bonds is 5. The van der Waals surface area contributed by atoms with Crippen LogP contribution in [0.3, 0.4) is 0 Å². The van der Waals surface area contributed by atoms with Crippen LogP contribution in [0.25, 0.3) is 0 Å². The van der Waals surface area contributed by atoms with Crippen molar-refractivity contribution < 1.29 is 22.6 Å². The summed E-state index contributed by atoms with van der Waals surface area (Å²) in [5, 5.41) is 0. The summed E-state index contributed by atoms with van der Waals surface area (Å²) in [7, 11) is 1.38. The molecule has 0 unspecified atom stereocenters. The zero-order valence-corrected chi connectivity index (χ0v) is 9.38. The lowest BCUT2D eigenvalue weighted by Crippen LogP contribution is -2.20. The molecule has 2 N–H and O–H groups in total. The van der Waals surface area contributed by atoms with Gasteiger partial charge in [0.05, 0.1) is 7.11 Å². The van der Waals surface area contributed by atoms with Crippen molar-refractivity contribution in [2.45, 2.75) is 12.6 Å². The molecule has 6 heteroatoms. The van der Waals surface area contributed by atoms with Crippen LogP contribution in [-0.4, -0.2) is 26.4 Å². The second-order valence-corrected chi connectivity index (χ2v) is 3.39. The molecule has 0 atom stereocenters. The van der Waals surface area contributed by atoms with Gasteiger partial charge in [-0.25, -0.2) is 0 Å². The molecule has 1 aromatic rings. The Balaban J connectivity index is 2.92. The lowest BCUT2D eigenvalue weighted by molar-refractivity contribution is -0.153. The fraction of sp³-hybridized carbons (Fsp3) is 0.455. The molecule has 0 aliphatic rings. The molecule has 0 aliphatic heterocycles. The van der Waals surface area contributed by atoms with E-state index in [9.17, 15) is 13.2 Å². The third-order valence-electron chi connectivity index (χ3n) is 2.07. The minimum Gasteiger partial charge on any atom is -0.493 e. The molecule has 0 fully saturated rings. The Labute approximate surface area is 97.3 Å². The maximum atomic E-state index is 12.1. The van der Waals surface area contributed by atoms with E-state index >= 15 is 0 Å². The number of para-hydroxylation sites is 1. The minimum absolute atomic E-state index is 0.109. The quantitative estimate of drug-likeness (QED) is 0.869. The Hall–Kier alpha value is -1.43. The van der Waals surface area contributed by atoms with Crippen molar-refractivity contribution in [2.24, 2.45) is 5.73 Å². The van der Waals surface area contributed by atoms with Crippen LogP contribution < -0.4 is 15.2 Å². The van der Waals surface area contributed by atoms with E-state index in [0.29, 0.717) is 18.5 Å². The predicted molar refractivity (Wildman–Crippen MR) is 57.3 cm³/mol. The number of hydrogen-bond donors (Lipinski definition) is 1. The third kappa shape index (κ3) is 4.14. The molecule has 0 spiro atoms. The third-order valence-corrected chi connectivity index (χ3v) is 2.07. The summed E-state index contributed by atoms with van der Waals surface area (Å²) in [6.07, 6.45) is -3.94. The van der Waals surface area contributed by atoms with Crippen LogP contribution in [0.5, 0.6) is 11.5 Å². The van der Waals surface area contributed by atoms with E-state index in [4.69, 9.17) is 15.2 Å². The predicted octanol–water partition coefficient (Wildman–Crippen LogP) is 2.14. The number of nitrogens with two attached hydrogens (primary N) is 1. The van der Waals surface area contributed by atoms with Crippen LogP contribution >= 0.6 is 0 Å². The van der Waals surface area contributed by atoms with Gasteiger partial charge in [-0.3, -0.25) is 0 Å². The largest absolute Gasteiger partial charge is 0.493 e. The van der Waals surface area contributed by atoms with E-state index in [0.717, 1.165) is 0 Å². The molecular formula is C11H14F3NO2. The van der Waals surface area contributed by atoms with Gasteiger partial charge in [-0.05, 0) is 24.6 Å². The first kappa shape index (κ1) is 13.6. The highest BCUT2D eigenvalue weighted by Gasteiger charge is 2.29. The molecule has 0 saturated carbocycles. The lowest BCUT2D eigenvalue weighted by Gasteiger charge is -2.15. The summed E-state index contributed by atoms with van der Waals surface area (Å²) in [6.45, 7) is -1.01. The molecular weight excluding hydrogens is 235 g/mol. The fourth-order valence-corrected chi connectivity index (χ4v) is 1.39. The summed E-state index contributed by atoms with van der Waals surface area (Å²) in [5.74, 6) is 0.387. The van der Waals surface area contributed by atoms with Gasteiger partial charge < -0.3 is 15.2 Å². The monoisotopic (exact) mass is 249 g/mol. The van der Waals surface area contributed by atoms with Gasteiger partial charge in [-0.2, -0.15) is 13.2 Å². The van der Waals surface area contributed by atoms with E-state index in [1.165, 1.54) is 7.11 Å². The van der Waals surface area contributed by atoms with Crippen LogP contribution in [0.4, 0.5) is 13.2 Å². The van der Waals surface area contributed by atoms with Crippen molar-refractivity contribution in [3.05, 3.63) is 23.8 Å². The Morgan fingerprint density at radius 1 is 1.29 bits per heavy atom. The van der Waals surface area contributed by atoms with E-state index in [-0.39, 0.29) is 11.5 Å². The summed E-state index contributed by atoms with van der Waals surface area (Å²) < 4.78 is 46.0. The highest BCUT2D eigenvalue weighted by molar-refractivity contribution is 5.46. The molecule has 17 heavy (non-hydrogen) atoms. The van der Waals surface area contributed by atoms with Gasteiger partial charge in [-0.15, -0.1) is 0 Å². The van der Waals surface area contributed by atoms with Gasteiger partial charge in [0, 0.05) is 0 Å². The summed E-state index contributed by atoms with van der Waals surface area (Å²) in [6, 6.07) is 4.90. The highest BCUT2D eigenvalue weighted by Crippen LogP contribution is 2.32. The van der Waals surface area contributed by atoms with Crippen molar-refractivity contribution in [3.8, 4) is 11.5 Å². The number of ether oxygens (including phenoxy) is 2. The highest BCUT2D eigenvalue weighted by atomic mass is 19.4. The maximum Gasteiger partial charge on any atom is 0.422 e. The summed E-state index contributed by atoms with van der Waals surface area (Å²) in [4.78, 5) is 0. The van der Waals surface area contributed by atoms with Crippen molar-refractivity contribution in [1.29, 1.82) is 0 Å². The van der Waals surface area contributed by atoms with Crippen molar-refractivity contribution >= 4 is 0 Å². The maximum absolute atomic E-state index is 12.1. The molecule has 1 rings (SSSR count). The number of hydrogen-bond acceptors (Lipinski definition) is 3. The first-order chi connectivity index (χ1) is 7.98. The van der Waals surface area contributed by atoms with Gasteiger partial charge in [0.2, 0.25) is 0 Å². The fourth-order valence-electron chi connectivity index (χ4n) is 1.39. The Morgan fingerprint density at radius 2 is 2.00 bits per heavy atom. The Bertz CT molecular complexity index is 366. The Morgan fingerprint density at radius 3 is 2.53 bits per heavy atom. The lowest BCUT2D eigenvalue weighted by atomic mass is 10.1. The summed E-state index contributed by atoms with van der Waals surface area (Å²) >= 11 is 0. The zero-order valence-electron chi connectivity index (χ0n) is 9.38. The van der Waals surface area contributed by atoms with Crippen molar-refractivity contribution in [3.63, 3.8) is 0 Å². The topological polar surface area (TPSA) is 44.5 Å². The van der Waals surface area contributed by atoms with Crippen LogP contribution in [0, 0.1) is 0 Å². The first-order valence-electron chi connectivity index (χ1n) is 5.03. The molecule has 1 aromatic carbocycles. The van der Waals surface area contributed by atoms with Crippen LogP contribution in [-0.2, 0) is 6.42 Å². The SMILES string of the molecule is COc1cccc(CCN)c1OCC(F)(F)F. The minimum atomic E-state index is -4.37. The van der Waals surface area contributed by atoms with Crippen LogP contribution in [0.2, 0.25) is 0 Å². The standard InChI is InChI=1S/C11H14F3NO2/c1-16-9-4-2-3-8(5-6-15)10(9)17-7-11(12,13)14/h2-4H,5-7,15H2,1H3. The van der Waals surface area contributed by atoms with Crippen molar-refractivity contribution in [2.75, 3.05) is 20.3 Å². The molecule has 96 valence electrons. The van der Waals surface area contributed by atoms with E-state index in [2.05, 4.69) is 0 Å². The van der Waals surface area contributed by atoms with Crippen LogP contribution in [0.1, 0.15) is 5.56 Å². The second kappa shape index (κ2) is 5.77. The van der Waals surface area contributed by atoms with Gasteiger partial charge in [0.25, 0.3) is 0 Å². The average molecular weight is 249 g/mol. The number of benzene rings is 1. The zero-order chi connectivity index (χ0) is 12.9. The van der Waals surface area contributed by atoms with Gasteiger partial charge >= 0.3 is 6.18 Å². The molecule has 0 aliphatic carbocycles. The molecule has 0 amide bonds. The van der Waals surface area contributed by atoms with Crippen LogP contribution in [0.15, 0.2) is 18.2 Å². The molecule has 0 saturated heterocycles. The molecule has 0 radical (unpaired) electrons. The first-order valence-corrected chi connectivity index (χ1v) is 5.03.